The molecule has 0 radical (unpaired) electrons. The van der Waals surface area contributed by atoms with E-state index < -0.39 is 5.97 Å². The number of nitrogens with zero attached hydrogens (tertiary/aromatic N) is 4. The number of nitrogens with one attached hydrogen (secondary N) is 1. The average Bonchev–Trinajstić information content (AvgIpc) is 2.87. The number of carboxylic acid groups (broad SMARTS) is 1. The largest absolute Gasteiger partial charge is 0.477 e. The van der Waals surface area contributed by atoms with Crippen molar-refractivity contribution in [1.82, 2.24) is 19.9 Å². The van der Waals surface area contributed by atoms with Crippen molar-refractivity contribution in [2.24, 2.45) is 7.05 Å². The fourth-order valence-corrected chi connectivity index (χ4v) is 6.03. The number of carbonyl (C=O) groups excluding carboxylic acids is 2. The lowest BCUT2D eigenvalue weighted by atomic mass is 10.1. The van der Waals surface area contributed by atoms with Crippen LogP contribution in [0.3, 0.4) is 0 Å². The summed E-state index contributed by atoms with van der Waals surface area (Å²) in [4.78, 5) is 36.6. The number of thioether (sulfide) groups is 3. The summed E-state index contributed by atoms with van der Waals surface area (Å²) >= 11 is 4.29. The number of anilines is 1. The van der Waals surface area contributed by atoms with E-state index in [0.29, 0.717) is 33.0 Å². The number of carboxylic acids is 1. The molecule has 1 saturated heterocycles. The Labute approximate surface area is 155 Å². The number of fused-ring (bicyclic) bond motifs is 1. The normalized spacial score (nSPS) is 19.5. The maximum absolute atomic E-state index is 11.7. The molecular weight excluding hydrogens is 386 g/mol. The highest BCUT2D eigenvalue weighted by molar-refractivity contribution is 8.18. The molecule has 1 aromatic heterocycles. The molecule has 25 heavy (non-hydrogen) atoms. The zero-order valence-electron chi connectivity index (χ0n) is 13.4. The second kappa shape index (κ2) is 7.30. The van der Waals surface area contributed by atoms with Crippen LogP contribution in [-0.4, -0.2) is 59.0 Å². The lowest BCUT2D eigenvalue weighted by Crippen LogP contribution is -2.53. The van der Waals surface area contributed by atoms with E-state index in [2.05, 4.69) is 15.6 Å². The number of aryl methyl sites for hydroxylation is 1. The zero-order chi connectivity index (χ0) is 18.1. The third kappa shape index (κ3) is 3.65. The van der Waals surface area contributed by atoms with Crippen LogP contribution >= 0.6 is 35.3 Å². The van der Waals surface area contributed by atoms with Gasteiger partial charge in [0.05, 0.1) is 16.9 Å². The van der Waals surface area contributed by atoms with Gasteiger partial charge < -0.3 is 10.4 Å². The molecule has 0 saturated carbocycles. The van der Waals surface area contributed by atoms with Gasteiger partial charge in [-0.1, -0.05) is 17.0 Å². The third-order valence-corrected chi connectivity index (χ3v) is 7.12. The van der Waals surface area contributed by atoms with Gasteiger partial charge in [-0.2, -0.15) is 0 Å². The number of aliphatic carboxylic acids is 1. The first kappa shape index (κ1) is 18.1. The minimum Gasteiger partial charge on any atom is -0.477 e. The van der Waals surface area contributed by atoms with Crippen LogP contribution in [0.25, 0.3) is 0 Å². The van der Waals surface area contributed by atoms with E-state index in [4.69, 9.17) is 0 Å². The summed E-state index contributed by atoms with van der Waals surface area (Å²) in [7, 11) is 1.67. The predicted molar refractivity (Wildman–Crippen MR) is 96.0 cm³/mol. The summed E-state index contributed by atoms with van der Waals surface area (Å²) < 4.78 is 1.47. The lowest BCUT2D eigenvalue weighted by molar-refractivity contribution is -0.146. The first-order valence-corrected chi connectivity index (χ1v) is 10.2. The Kier molecular flexibility index (Phi) is 5.29. The fourth-order valence-electron chi connectivity index (χ4n) is 2.39. The molecule has 12 heteroatoms. The van der Waals surface area contributed by atoms with Crippen molar-refractivity contribution in [3.63, 3.8) is 0 Å². The van der Waals surface area contributed by atoms with E-state index in [9.17, 15) is 19.5 Å². The van der Waals surface area contributed by atoms with Gasteiger partial charge in [0.15, 0.2) is 10.8 Å². The lowest BCUT2D eigenvalue weighted by Gasteiger charge is -2.43. The SMILES string of the molecule is CC(=O)Nc1c(SCSC2=C(C(=O)O)N3C(=O)CC3SC2)nnn1C. The Balaban J connectivity index is 1.69. The number of amides is 2. The van der Waals surface area contributed by atoms with Crippen LogP contribution in [0.1, 0.15) is 13.3 Å². The van der Waals surface area contributed by atoms with Crippen LogP contribution < -0.4 is 5.32 Å². The number of aromatic nitrogens is 3. The Bertz CT molecular complexity index is 778. The third-order valence-electron chi connectivity index (χ3n) is 3.54. The second-order valence-electron chi connectivity index (χ2n) is 5.26. The molecule has 1 atom stereocenters. The van der Waals surface area contributed by atoms with Gasteiger partial charge in [-0.3, -0.25) is 14.5 Å². The van der Waals surface area contributed by atoms with E-state index >= 15 is 0 Å². The van der Waals surface area contributed by atoms with Gasteiger partial charge in [0.2, 0.25) is 11.8 Å². The van der Waals surface area contributed by atoms with Gasteiger partial charge in [-0.15, -0.1) is 28.6 Å². The van der Waals surface area contributed by atoms with Crippen LogP contribution in [0.4, 0.5) is 5.82 Å². The van der Waals surface area contributed by atoms with Crippen LogP contribution in [0.2, 0.25) is 0 Å². The van der Waals surface area contributed by atoms with E-state index in [1.807, 2.05) is 0 Å². The smallest absolute Gasteiger partial charge is 0.353 e. The summed E-state index contributed by atoms with van der Waals surface area (Å²) in [6.07, 6.45) is 0.397. The zero-order valence-corrected chi connectivity index (χ0v) is 15.8. The summed E-state index contributed by atoms with van der Waals surface area (Å²) in [5, 5.41) is 21.0. The van der Waals surface area contributed by atoms with Gasteiger partial charge in [-0.05, 0) is 0 Å². The van der Waals surface area contributed by atoms with Crippen molar-refractivity contribution in [1.29, 1.82) is 0 Å². The first-order valence-electron chi connectivity index (χ1n) is 7.21. The molecule has 0 spiro atoms. The highest BCUT2D eigenvalue weighted by Crippen LogP contribution is 2.44. The highest BCUT2D eigenvalue weighted by atomic mass is 32.2. The van der Waals surface area contributed by atoms with Gasteiger partial charge in [-0.25, -0.2) is 9.48 Å². The monoisotopic (exact) mass is 401 g/mol. The summed E-state index contributed by atoms with van der Waals surface area (Å²) in [6.45, 7) is 1.40. The molecule has 0 aliphatic carbocycles. The molecule has 3 heterocycles. The van der Waals surface area contributed by atoms with Crippen LogP contribution in [-0.2, 0) is 21.4 Å². The number of β-lactam (4-membered cyclic amide) rings is 1. The van der Waals surface area contributed by atoms with Gasteiger partial charge in [0.1, 0.15) is 5.70 Å². The summed E-state index contributed by atoms with van der Waals surface area (Å²) in [6, 6.07) is 0. The quantitative estimate of drug-likeness (QED) is 0.411. The first-order chi connectivity index (χ1) is 11.9. The van der Waals surface area contributed by atoms with E-state index in [0.717, 1.165) is 0 Å². The van der Waals surface area contributed by atoms with Crippen molar-refractivity contribution in [2.45, 2.75) is 23.7 Å². The van der Waals surface area contributed by atoms with Crippen LogP contribution in [0.5, 0.6) is 0 Å². The minimum atomic E-state index is -1.08. The average molecular weight is 401 g/mol. The molecule has 2 aliphatic heterocycles. The fraction of sp³-hybridized carbons (Fsp3) is 0.462. The number of rotatable bonds is 6. The molecule has 1 unspecified atom stereocenters. The molecule has 134 valence electrons. The minimum absolute atomic E-state index is 0.0537. The topological polar surface area (TPSA) is 117 Å². The predicted octanol–water partition coefficient (Wildman–Crippen LogP) is 1.16. The number of hydrogen-bond acceptors (Lipinski definition) is 8. The van der Waals surface area contributed by atoms with Crippen LogP contribution in [0.15, 0.2) is 15.6 Å². The molecule has 1 aromatic rings. The van der Waals surface area contributed by atoms with Crippen molar-refractivity contribution >= 4 is 58.9 Å². The molecule has 2 amide bonds. The maximum Gasteiger partial charge on any atom is 0.353 e. The molecule has 0 bridgehead atoms. The Morgan fingerprint density at radius 3 is 2.84 bits per heavy atom. The van der Waals surface area contributed by atoms with Gasteiger partial charge >= 0.3 is 5.97 Å². The second-order valence-corrected chi connectivity index (χ2v) is 8.83. The van der Waals surface area contributed by atoms with Gasteiger partial charge in [0, 0.05) is 24.6 Å². The number of carbonyl (C=O) groups is 3. The van der Waals surface area contributed by atoms with Crippen molar-refractivity contribution < 1.29 is 19.5 Å². The van der Waals surface area contributed by atoms with Gasteiger partial charge in [0.25, 0.3) is 0 Å². The molecule has 2 aliphatic rings. The standard InChI is InChI=1S/C13H15N5O4S3/c1-6(19)14-11-12(15-16-17(11)2)25-5-24-7-4-23-9-3-8(20)18(9)10(7)13(21)22/h9H,3-5H2,1-2H3,(H,14,19)(H,21,22). The molecule has 0 aromatic carbocycles. The molecule has 1 fully saturated rings. The summed E-state index contributed by atoms with van der Waals surface area (Å²) in [5.41, 5.74) is 0.0897. The van der Waals surface area contributed by atoms with E-state index in [1.165, 1.54) is 40.0 Å². The maximum atomic E-state index is 11.7. The summed E-state index contributed by atoms with van der Waals surface area (Å²) in [5.74, 6) is -0.379. The molecular formula is C13H15N5O4S3. The Morgan fingerprint density at radius 1 is 1.44 bits per heavy atom. The molecule has 9 nitrogen and oxygen atoms in total. The van der Waals surface area contributed by atoms with E-state index in [1.54, 1.807) is 18.8 Å². The number of hydrogen-bond donors (Lipinski definition) is 2. The van der Waals surface area contributed by atoms with E-state index in [-0.39, 0.29) is 22.9 Å². The van der Waals surface area contributed by atoms with Crippen molar-refractivity contribution in [3.05, 3.63) is 10.6 Å². The Hall–Kier alpha value is -1.66. The Morgan fingerprint density at radius 2 is 2.20 bits per heavy atom. The molecule has 3 rings (SSSR count). The molecule has 2 N–H and O–H groups in total. The highest BCUT2D eigenvalue weighted by Gasteiger charge is 2.45. The van der Waals surface area contributed by atoms with Crippen molar-refractivity contribution in [2.75, 3.05) is 16.2 Å². The van der Waals surface area contributed by atoms with Crippen molar-refractivity contribution in [3.8, 4) is 0 Å². The van der Waals surface area contributed by atoms with Crippen LogP contribution in [0, 0.1) is 0 Å².